The molecular formula is C14H22ClNO. The van der Waals surface area contributed by atoms with Gasteiger partial charge in [-0.3, -0.25) is 0 Å². The van der Waals surface area contributed by atoms with Crippen LogP contribution in [0.2, 0.25) is 0 Å². The van der Waals surface area contributed by atoms with Gasteiger partial charge in [-0.05, 0) is 17.0 Å². The highest BCUT2D eigenvalue weighted by Gasteiger charge is 1.98. The first-order valence-electron chi connectivity index (χ1n) is 6.17. The Balaban J connectivity index is 2.19. The summed E-state index contributed by atoms with van der Waals surface area (Å²) in [6.45, 7) is 7.53. The molecule has 0 unspecified atom stereocenters. The summed E-state index contributed by atoms with van der Waals surface area (Å²) >= 11 is 5.51. The first-order chi connectivity index (χ1) is 8.24. The zero-order chi connectivity index (χ0) is 12.5. The van der Waals surface area contributed by atoms with Crippen LogP contribution in [0.3, 0.4) is 0 Å². The lowest BCUT2D eigenvalue weighted by atomic mass is 10.0. The standard InChI is InChI=1S/C14H22ClNO/c1-12(2)14-5-3-13(4-6-14)11-16-8-10-17-9-7-15/h3-6,12,16H,7-11H2,1-2H3. The third kappa shape index (κ3) is 6.06. The monoisotopic (exact) mass is 255 g/mol. The van der Waals surface area contributed by atoms with Crippen molar-refractivity contribution in [3.63, 3.8) is 0 Å². The minimum Gasteiger partial charge on any atom is -0.379 e. The highest BCUT2D eigenvalue weighted by atomic mass is 35.5. The molecule has 1 rings (SSSR count). The van der Waals surface area contributed by atoms with Crippen LogP contribution in [0, 0.1) is 0 Å². The van der Waals surface area contributed by atoms with Gasteiger partial charge in [0.1, 0.15) is 0 Å². The fourth-order valence-electron chi connectivity index (χ4n) is 1.55. The Labute approximate surface area is 109 Å². The molecule has 0 heterocycles. The average Bonchev–Trinajstić information content (AvgIpc) is 2.34. The summed E-state index contributed by atoms with van der Waals surface area (Å²) in [5, 5.41) is 3.34. The Morgan fingerprint density at radius 1 is 1.18 bits per heavy atom. The van der Waals surface area contributed by atoms with Gasteiger partial charge in [0.2, 0.25) is 0 Å². The topological polar surface area (TPSA) is 21.3 Å². The Hall–Kier alpha value is -0.570. The largest absolute Gasteiger partial charge is 0.379 e. The zero-order valence-electron chi connectivity index (χ0n) is 10.7. The smallest absolute Gasteiger partial charge is 0.0602 e. The number of hydrogen-bond donors (Lipinski definition) is 1. The summed E-state index contributed by atoms with van der Waals surface area (Å²) in [5.41, 5.74) is 2.70. The molecule has 1 aromatic rings. The summed E-state index contributed by atoms with van der Waals surface area (Å²) in [6, 6.07) is 8.77. The SMILES string of the molecule is CC(C)c1ccc(CNCCOCCCl)cc1. The van der Waals surface area contributed by atoms with E-state index in [0.717, 1.165) is 19.7 Å². The number of halogens is 1. The highest BCUT2D eigenvalue weighted by Crippen LogP contribution is 2.14. The van der Waals surface area contributed by atoms with Gasteiger partial charge in [-0.1, -0.05) is 38.1 Å². The van der Waals surface area contributed by atoms with Gasteiger partial charge in [0.25, 0.3) is 0 Å². The van der Waals surface area contributed by atoms with E-state index < -0.39 is 0 Å². The average molecular weight is 256 g/mol. The molecule has 0 aliphatic rings. The van der Waals surface area contributed by atoms with E-state index >= 15 is 0 Å². The van der Waals surface area contributed by atoms with Gasteiger partial charge in [-0.25, -0.2) is 0 Å². The molecule has 0 aromatic heterocycles. The van der Waals surface area contributed by atoms with E-state index in [9.17, 15) is 0 Å². The van der Waals surface area contributed by atoms with Crippen LogP contribution >= 0.6 is 11.6 Å². The molecule has 0 aliphatic carbocycles. The number of alkyl halides is 1. The fraction of sp³-hybridized carbons (Fsp3) is 0.571. The van der Waals surface area contributed by atoms with Crippen molar-refractivity contribution in [2.75, 3.05) is 25.6 Å². The summed E-state index contributed by atoms with van der Waals surface area (Å²) in [4.78, 5) is 0. The van der Waals surface area contributed by atoms with Crippen molar-refractivity contribution in [1.29, 1.82) is 0 Å². The van der Waals surface area contributed by atoms with E-state index in [2.05, 4.69) is 43.4 Å². The molecular weight excluding hydrogens is 234 g/mol. The lowest BCUT2D eigenvalue weighted by Crippen LogP contribution is -2.19. The van der Waals surface area contributed by atoms with Gasteiger partial charge in [0.15, 0.2) is 0 Å². The van der Waals surface area contributed by atoms with E-state index in [1.165, 1.54) is 11.1 Å². The predicted octanol–water partition coefficient (Wildman–Crippen LogP) is 3.16. The maximum absolute atomic E-state index is 5.51. The predicted molar refractivity (Wildman–Crippen MR) is 73.8 cm³/mol. The number of nitrogens with one attached hydrogen (secondary N) is 1. The third-order valence-electron chi connectivity index (χ3n) is 2.62. The molecule has 0 spiro atoms. The second-order valence-corrected chi connectivity index (χ2v) is 4.75. The van der Waals surface area contributed by atoms with E-state index in [-0.39, 0.29) is 0 Å². The summed E-state index contributed by atoms with van der Waals surface area (Å²) in [5.74, 6) is 1.16. The van der Waals surface area contributed by atoms with Crippen molar-refractivity contribution in [2.45, 2.75) is 26.3 Å². The van der Waals surface area contributed by atoms with Crippen molar-refractivity contribution < 1.29 is 4.74 Å². The van der Waals surface area contributed by atoms with Gasteiger partial charge < -0.3 is 10.1 Å². The molecule has 0 radical (unpaired) electrons. The molecule has 96 valence electrons. The van der Waals surface area contributed by atoms with Crippen molar-refractivity contribution >= 4 is 11.6 Å². The number of hydrogen-bond acceptors (Lipinski definition) is 2. The molecule has 3 heteroatoms. The maximum atomic E-state index is 5.51. The molecule has 1 aromatic carbocycles. The fourth-order valence-corrected chi connectivity index (χ4v) is 1.66. The summed E-state index contributed by atoms with van der Waals surface area (Å²) in [7, 11) is 0. The second-order valence-electron chi connectivity index (χ2n) is 4.37. The van der Waals surface area contributed by atoms with E-state index in [1.54, 1.807) is 0 Å². The van der Waals surface area contributed by atoms with Crippen molar-refractivity contribution in [2.24, 2.45) is 0 Å². The normalized spacial score (nSPS) is 11.1. The second kappa shape index (κ2) is 8.51. The lowest BCUT2D eigenvalue weighted by molar-refractivity contribution is 0.151. The molecule has 1 N–H and O–H groups in total. The van der Waals surface area contributed by atoms with E-state index in [1.807, 2.05) is 0 Å². The molecule has 0 fully saturated rings. The van der Waals surface area contributed by atoms with Crippen LogP contribution in [0.15, 0.2) is 24.3 Å². The van der Waals surface area contributed by atoms with Crippen LogP contribution in [0.1, 0.15) is 30.9 Å². The molecule has 0 saturated carbocycles. The van der Waals surface area contributed by atoms with E-state index in [4.69, 9.17) is 16.3 Å². The van der Waals surface area contributed by atoms with Crippen LogP contribution in [-0.2, 0) is 11.3 Å². The number of benzene rings is 1. The quantitative estimate of drug-likeness (QED) is 0.569. The van der Waals surface area contributed by atoms with Gasteiger partial charge >= 0.3 is 0 Å². The van der Waals surface area contributed by atoms with Crippen molar-refractivity contribution in [3.8, 4) is 0 Å². The molecule has 0 atom stereocenters. The Bertz CT molecular complexity index is 298. The number of rotatable bonds is 8. The van der Waals surface area contributed by atoms with Crippen molar-refractivity contribution in [1.82, 2.24) is 5.32 Å². The Morgan fingerprint density at radius 2 is 1.88 bits per heavy atom. The number of ether oxygens (including phenoxy) is 1. The van der Waals surface area contributed by atoms with Gasteiger partial charge in [-0.2, -0.15) is 0 Å². The first-order valence-corrected chi connectivity index (χ1v) is 6.70. The lowest BCUT2D eigenvalue weighted by Gasteiger charge is -2.08. The minimum absolute atomic E-state index is 0.566. The van der Waals surface area contributed by atoms with Crippen LogP contribution in [0.4, 0.5) is 0 Å². The first kappa shape index (κ1) is 14.5. The van der Waals surface area contributed by atoms with Gasteiger partial charge in [-0.15, -0.1) is 11.6 Å². The molecule has 0 saturated heterocycles. The summed E-state index contributed by atoms with van der Waals surface area (Å²) < 4.78 is 5.28. The van der Waals surface area contributed by atoms with E-state index in [0.29, 0.717) is 18.4 Å². The third-order valence-corrected chi connectivity index (χ3v) is 2.77. The molecule has 0 bridgehead atoms. The zero-order valence-corrected chi connectivity index (χ0v) is 11.5. The maximum Gasteiger partial charge on any atom is 0.0602 e. The van der Waals surface area contributed by atoms with Gasteiger partial charge in [0.05, 0.1) is 13.2 Å². The molecule has 0 aliphatic heterocycles. The van der Waals surface area contributed by atoms with Crippen molar-refractivity contribution in [3.05, 3.63) is 35.4 Å². The van der Waals surface area contributed by atoms with Gasteiger partial charge in [0, 0.05) is 19.0 Å². The molecule has 17 heavy (non-hydrogen) atoms. The van der Waals surface area contributed by atoms with Crippen LogP contribution < -0.4 is 5.32 Å². The minimum atomic E-state index is 0.566. The Kier molecular flexibility index (Phi) is 7.25. The van der Waals surface area contributed by atoms with Crippen LogP contribution in [-0.4, -0.2) is 25.6 Å². The van der Waals surface area contributed by atoms with Crippen LogP contribution in [0.5, 0.6) is 0 Å². The summed E-state index contributed by atoms with van der Waals surface area (Å²) in [6.07, 6.45) is 0. The molecule has 0 amide bonds. The highest BCUT2D eigenvalue weighted by molar-refractivity contribution is 6.17. The molecule has 2 nitrogen and oxygen atoms in total. The Morgan fingerprint density at radius 3 is 2.47 bits per heavy atom. The van der Waals surface area contributed by atoms with Crippen LogP contribution in [0.25, 0.3) is 0 Å².